The Labute approximate surface area is 105 Å². The van der Waals surface area contributed by atoms with Crippen LogP contribution in [0.3, 0.4) is 0 Å². The van der Waals surface area contributed by atoms with Gasteiger partial charge in [0, 0.05) is 18.6 Å². The van der Waals surface area contributed by atoms with Crippen molar-refractivity contribution in [1.29, 1.82) is 0 Å². The van der Waals surface area contributed by atoms with Crippen LogP contribution in [0.1, 0.15) is 39.4 Å². The lowest BCUT2D eigenvalue weighted by atomic mass is 10.1. The topological polar surface area (TPSA) is 28.4 Å². The third kappa shape index (κ3) is 4.92. The lowest BCUT2D eigenvalue weighted by Crippen LogP contribution is -2.42. The van der Waals surface area contributed by atoms with Crippen LogP contribution in [0.25, 0.3) is 0 Å². The van der Waals surface area contributed by atoms with Crippen molar-refractivity contribution in [1.82, 2.24) is 10.2 Å². The van der Waals surface area contributed by atoms with Gasteiger partial charge < -0.3 is 9.73 Å². The first-order chi connectivity index (χ1) is 8.15. The minimum Gasteiger partial charge on any atom is -0.468 e. The molecule has 0 spiro atoms. The molecular formula is C14H26N2O. The maximum absolute atomic E-state index is 5.29. The van der Waals surface area contributed by atoms with Crippen LogP contribution in [0.15, 0.2) is 22.8 Å². The molecule has 0 fully saturated rings. The fraction of sp³-hybridized carbons (Fsp3) is 0.714. The van der Waals surface area contributed by atoms with Crippen molar-refractivity contribution in [2.24, 2.45) is 0 Å². The summed E-state index contributed by atoms with van der Waals surface area (Å²) in [6, 6.07) is 5.13. The predicted molar refractivity (Wildman–Crippen MR) is 72.0 cm³/mol. The Kier molecular flexibility index (Phi) is 6.30. The molecule has 1 aromatic heterocycles. The Hall–Kier alpha value is -0.800. The molecule has 1 aromatic rings. The van der Waals surface area contributed by atoms with Gasteiger partial charge in [-0.25, -0.2) is 0 Å². The highest BCUT2D eigenvalue weighted by molar-refractivity contribution is 4.97. The van der Waals surface area contributed by atoms with E-state index in [0.717, 1.165) is 18.8 Å². The van der Waals surface area contributed by atoms with Crippen molar-refractivity contribution in [2.75, 3.05) is 13.6 Å². The van der Waals surface area contributed by atoms with Gasteiger partial charge in [-0.3, -0.25) is 4.90 Å². The average molecular weight is 238 g/mol. The van der Waals surface area contributed by atoms with Crippen molar-refractivity contribution in [3.05, 3.63) is 24.2 Å². The zero-order valence-corrected chi connectivity index (χ0v) is 11.6. The molecule has 0 bridgehead atoms. The third-order valence-electron chi connectivity index (χ3n) is 3.42. The van der Waals surface area contributed by atoms with E-state index in [2.05, 4.69) is 38.0 Å². The molecule has 0 aliphatic carbocycles. The van der Waals surface area contributed by atoms with Gasteiger partial charge in [0.15, 0.2) is 0 Å². The highest BCUT2D eigenvalue weighted by Crippen LogP contribution is 2.08. The molecule has 0 saturated heterocycles. The molecule has 0 aromatic carbocycles. The summed E-state index contributed by atoms with van der Waals surface area (Å²) in [6.45, 7) is 8.61. The van der Waals surface area contributed by atoms with Gasteiger partial charge in [0.2, 0.25) is 0 Å². The molecule has 0 saturated carbocycles. The Balaban J connectivity index is 2.21. The minimum absolute atomic E-state index is 0.548. The summed E-state index contributed by atoms with van der Waals surface area (Å²) in [4.78, 5) is 2.44. The quantitative estimate of drug-likeness (QED) is 0.755. The Morgan fingerprint density at radius 1 is 1.35 bits per heavy atom. The van der Waals surface area contributed by atoms with Crippen molar-refractivity contribution in [2.45, 2.75) is 52.2 Å². The summed E-state index contributed by atoms with van der Waals surface area (Å²) in [7, 11) is 2.21. The van der Waals surface area contributed by atoms with Gasteiger partial charge in [0.05, 0.1) is 12.8 Å². The first-order valence-electron chi connectivity index (χ1n) is 6.60. The molecule has 1 heterocycles. The molecular weight excluding hydrogens is 212 g/mol. The van der Waals surface area contributed by atoms with Gasteiger partial charge in [0.25, 0.3) is 0 Å². The van der Waals surface area contributed by atoms with Crippen molar-refractivity contribution in [3.63, 3.8) is 0 Å². The number of nitrogens with zero attached hydrogens (tertiary/aromatic N) is 1. The van der Waals surface area contributed by atoms with Crippen LogP contribution in [-0.2, 0) is 6.54 Å². The fourth-order valence-electron chi connectivity index (χ4n) is 2.02. The van der Waals surface area contributed by atoms with Crippen LogP contribution in [0.4, 0.5) is 0 Å². The number of rotatable bonds is 8. The highest BCUT2D eigenvalue weighted by atomic mass is 16.3. The van der Waals surface area contributed by atoms with Crippen LogP contribution < -0.4 is 5.32 Å². The second kappa shape index (κ2) is 7.51. The van der Waals surface area contributed by atoms with E-state index in [1.807, 2.05) is 12.1 Å². The van der Waals surface area contributed by atoms with E-state index in [-0.39, 0.29) is 0 Å². The van der Waals surface area contributed by atoms with E-state index >= 15 is 0 Å². The van der Waals surface area contributed by atoms with Crippen LogP contribution in [-0.4, -0.2) is 30.6 Å². The summed E-state index contributed by atoms with van der Waals surface area (Å²) in [5.74, 6) is 1.00. The molecule has 3 nitrogen and oxygen atoms in total. The number of hydrogen-bond donors (Lipinski definition) is 1. The lowest BCUT2D eigenvalue weighted by molar-refractivity contribution is 0.182. The van der Waals surface area contributed by atoms with Gasteiger partial charge in [-0.1, -0.05) is 13.3 Å². The molecule has 3 heteroatoms. The molecule has 17 heavy (non-hydrogen) atoms. The second-order valence-corrected chi connectivity index (χ2v) is 4.86. The van der Waals surface area contributed by atoms with Gasteiger partial charge in [-0.15, -0.1) is 0 Å². The predicted octanol–water partition coefficient (Wildman–Crippen LogP) is 2.88. The summed E-state index contributed by atoms with van der Waals surface area (Å²) in [5, 5.41) is 3.43. The van der Waals surface area contributed by atoms with Gasteiger partial charge in [-0.05, 0) is 39.4 Å². The molecule has 0 aliphatic rings. The van der Waals surface area contributed by atoms with Crippen molar-refractivity contribution in [3.8, 4) is 0 Å². The fourth-order valence-corrected chi connectivity index (χ4v) is 2.02. The maximum Gasteiger partial charge on any atom is 0.117 e. The average Bonchev–Trinajstić information content (AvgIpc) is 2.81. The van der Waals surface area contributed by atoms with E-state index in [0.29, 0.717) is 12.1 Å². The van der Waals surface area contributed by atoms with Crippen molar-refractivity contribution >= 4 is 0 Å². The zero-order chi connectivity index (χ0) is 12.7. The first-order valence-corrected chi connectivity index (χ1v) is 6.60. The van der Waals surface area contributed by atoms with Gasteiger partial charge in [0.1, 0.15) is 5.76 Å². The van der Waals surface area contributed by atoms with E-state index in [9.17, 15) is 0 Å². The number of nitrogens with one attached hydrogen (secondary N) is 1. The number of likely N-dealkylation sites (N-methyl/N-ethyl adjacent to an activating group) is 1. The van der Waals surface area contributed by atoms with Gasteiger partial charge >= 0.3 is 0 Å². The molecule has 98 valence electrons. The van der Waals surface area contributed by atoms with E-state index in [1.54, 1.807) is 6.26 Å². The molecule has 0 aliphatic heterocycles. The molecule has 2 atom stereocenters. The van der Waals surface area contributed by atoms with Crippen LogP contribution >= 0.6 is 0 Å². The van der Waals surface area contributed by atoms with Crippen LogP contribution in [0.5, 0.6) is 0 Å². The highest BCUT2D eigenvalue weighted by Gasteiger charge is 2.14. The van der Waals surface area contributed by atoms with E-state index in [1.165, 1.54) is 12.8 Å². The molecule has 0 amide bonds. The Morgan fingerprint density at radius 3 is 2.71 bits per heavy atom. The standard InChI is InChI=1S/C14H26N2O/c1-5-7-12(2)16(4)13(3)10-15-11-14-8-6-9-17-14/h6,8-9,12-13,15H,5,7,10-11H2,1-4H3. The summed E-state index contributed by atoms with van der Waals surface area (Å²) < 4.78 is 5.29. The van der Waals surface area contributed by atoms with Crippen molar-refractivity contribution < 1.29 is 4.42 Å². The third-order valence-corrected chi connectivity index (χ3v) is 3.42. The minimum atomic E-state index is 0.548. The summed E-state index contributed by atoms with van der Waals surface area (Å²) in [5.41, 5.74) is 0. The normalized spacial score (nSPS) is 15.1. The maximum atomic E-state index is 5.29. The van der Waals surface area contributed by atoms with Crippen LogP contribution in [0, 0.1) is 0 Å². The molecule has 1 rings (SSSR count). The molecule has 1 N–H and O–H groups in total. The van der Waals surface area contributed by atoms with Gasteiger partial charge in [-0.2, -0.15) is 0 Å². The number of hydrogen-bond acceptors (Lipinski definition) is 3. The summed E-state index contributed by atoms with van der Waals surface area (Å²) >= 11 is 0. The monoisotopic (exact) mass is 238 g/mol. The van der Waals surface area contributed by atoms with E-state index < -0.39 is 0 Å². The molecule has 2 unspecified atom stereocenters. The second-order valence-electron chi connectivity index (χ2n) is 4.86. The molecule has 0 radical (unpaired) electrons. The SMILES string of the molecule is CCCC(C)N(C)C(C)CNCc1ccco1. The largest absolute Gasteiger partial charge is 0.468 e. The zero-order valence-electron chi connectivity index (χ0n) is 11.6. The lowest BCUT2D eigenvalue weighted by Gasteiger charge is -2.30. The Morgan fingerprint density at radius 2 is 2.12 bits per heavy atom. The van der Waals surface area contributed by atoms with Crippen LogP contribution in [0.2, 0.25) is 0 Å². The number of furan rings is 1. The first kappa shape index (κ1) is 14.3. The Bertz CT molecular complexity index is 284. The smallest absolute Gasteiger partial charge is 0.117 e. The van der Waals surface area contributed by atoms with E-state index in [4.69, 9.17) is 4.42 Å². The summed E-state index contributed by atoms with van der Waals surface area (Å²) in [6.07, 6.45) is 4.23.